The Bertz CT molecular complexity index is 742. The third-order valence-corrected chi connectivity index (χ3v) is 5.47. The monoisotopic (exact) mass is 344 g/mol. The molecule has 1 heterocycles. The highest BCUT2D eigenvalue weighted by atomic mass is 19.1. The third kappa shape index (κ3) is 2.92. The van der Waals surface area contributed by atoms with Crippen LogP contribution >= 0.6 is 0 Å². The minimum Gasteiger partial charge on any atom is -0.389 e. The fraction of sp³-hybridized carbons (Fsp3) is 0.400. The molecule has 2 aromatic carbocycles. The summed E-state index contributed by atoms with van der Waals surface area (Å²) in [5.41, 5.74) is 9.62. The Morgan fingerprint density at radius 3 is 2.04 bits per heavy atom. The van der Waals surface area contributed by atoms with E-state index in [1.807, 2.05) is 0 Å². The first-order chi connectivity index (χ1) is 12.0. The zero-order valence-corrected chi connectivity index (χ0v) is 14.0. The Hall–Kier alpha value is -1.98. The highest BCUT2D eigenvalue weighted by Crippen LogP contribution is 2.41. The van der Waals surface area contributed by atoms with Gasteiger partial charge in [0.25, 0.3) is 0 Å². The van der Waals surface area contributed by atoms with Crippen LogP contribution < -0.4 is 10.6 Å². The van der Waals surface area contributed by atoms with Crippen LogP contribution in [0.15, 0.2) is 36.4 Å². The summed E-state index contributed by atoms with van der Waals surface area (Å²) in [6.07, 6.45) is 3.10. The number of nitrogens with zero attached hydrogens (tertiary/aromatic N) is 1. The van der Waals surface area contributed by atoms with E-state index in [0.29, 0.717) is 12.8 Å². The first kappa shape index (κ1) is 16.5. The van der Waals surface area contributed by atoms with Crippen molar-refractivity contribution in [1.82, 2.24) is 0 Å². The van der Waals surface area contributed by atoms with Gasteiger partial charge in [0.2, 0.25) is 0 Å². The molecule has 3 atom stereocenters. The van der Waals surface area contributed by atoms with Crippen molar-refractivity contribution >= 4 is 11.4 Å². The van der Waals surface area contributed by atoms with Crippen LogP contribution in [0.2, 0.25) is 0 Å². The van der Waals surface area contributed by atoms with Gasteiger partial charge in [-0.3, -0.25) is 0 Å². The van der Waals surface area contributed by atoms with Crippen molar-refractivity contribution in [2.75, 3.05) is 4.90 Å². The molecule has 5 heteroatoms. The summed E-state index contributed by atoms with van der Waals surface area (Å²) in [5.74, 6) is -0.562. The largest absolute Gasteiger partial charge is 0.389 e. The fourth-order valence-electron chi connectivity index (χ4n) is 4.21. The molecular formula is C20H22F2N2O. The average molecular weight is 344 g/mol. The van der Waals surface area contributed by atoms with Crippen LogP contribution in [0.4, 0.5) is 20.2 Å². The number of anilines is 2. The Morgan fingerprint density at radius 1 is 0.920 bits per heavy atom. The molecule has 2 aliphatic rings. The number of rotatable bonds is 1. The molecule has 3 N–H and O–H groups in total. The van der Waals surface area contributed by atoms with Crippen LogP contribution in [0.25, 0.3) is 0 Å². The number of aryl methyl sites for hydroxylation is 2. The van der Waals surface area contributed by atoms with Gasteiger partial charge < -0.3 is 15.7 Å². The van der Waals surface area contributed by atoms with E-state index >= 15 is 0 Å². The van der Waals surface area contributed by atoms with Crippen LogP contribution in [0.3, 0.4) is 0 Å². The van der Waals surface area contributed by atoms with Crippen LogP contribution in [0, 0.1) is 11.6 Å². The molecule has 0 amide bonds. The molecule has 1 aliphatic heterocycles. The van der Waals surface area contributed by atoms with Crippen LogP contribution in [-0.2, 0) is 12.8 Å². The molecule has 3 nitrogen and oxygen atoms in total. The number of benzene rings is 2. The van der Waals surface area contributed by atoms with Crippen LogP contribution in [0.5, 0.6) is 0 Å². The van der Waals surface area contributed by atoms with E-state index in [0.717, 1.165) is 41.8 Å². The molecule has 132 valence electrons. The summed E-state index contributed by atoms with van der Waals surface area (Å²) in [5, 5.41) is 10.7. The van der Waals surface area contributed by atoms with Crippen molar-refractivity contribution in [3.63, 3.8) is 0 Å². The van der Waals surface area contributed by atoms with Crippen molar-refractivity contribution in [2.45, 2.75) is 50.3 Å². The number of nitrogens with two attached hydrogens (primary N) is 1. The zero-order valence-electron chi connectivity index (χ0n) is 14.0. The zero-order chi connectivity index (χ0) is 17.6. The Kier molecular flexibility index (Phi) is 4.21. The number of fused-ring (bicyclic) bond motifs is 2. The standard InChI is InChI=1S/C20H22F2N2O/c21-14-6-8-17-12(10-14)4-5-13-11-15(22)7-9-18(13)24(17)19-3-1-2-16(23)20(19)25/h6-11,16,19-20,25H,1-5,23H2/t16-,19+,20+/m0/s1. The predicted molar refractivity (Wildman–Crippen MR) is 94.0 cm³/mol. The van der Waals surface area contributed by atoms with Gasteiger partial charge in [0.05, 0.1) is 12.1 Å². The SMILES string of the molecule is N[C@H]1CCC[C@@H](N2c3ccc(F)cc3CCc3cc(F)ccc32)[C@@H]1O. The molecule has 0 bridgehead atoms. The summed E-state index contributed by atoms with van der Waals surface area (Å²) in [6, 6.07) is 9.00. The lowest BCUT2D eigenvalue weighted by Gasteiger charge is -2.42. The highest BCUT2D eigenvalue weighted by Gasteiger charge is 2.37. The topological polar surface area (TPSA) is 49.5 Å². The highest BCUT2D eigenvalue weighted by molar-refractivity contribution is 5.72. The molecule has 0 spiro atoms. The van der Waals surface area contributed by atoms with Gasteiger partial charge in [-0.25, -0.2) is 8.78 Å². The second-order valence-corrected chi connectivity index (χ2v) is 7.07. The van der Waals surface area contributed by atoms with Crippen molar-refractivity contribution in [3.8, 4) is 0 Å². The summed E-state index contributed by atoms with van der Waals surface area (Å²) in [6.45, 7) is 0. The molecule has 25 heavy (non-hydrogen) atoms. The van der Waals surface area contributed by atoms with Gasteiger partial charge in [-0.2, -0.15) is 0 Å². The second kappa shape index (κ2) is 6.39. The smallest absolute Gasteiger partial charge is 0.123 e. The number of aliphatic hydroxyl groups is 1. The summed E-state index contributed by atoms with van der Waals surface area (Å²) in [7, 11) is 0. The van der Waals surface area contributed by atoms with E-state index in [1.54, 1.807) is 24.3 Å². The fourth-order valence-corrected chi connectivity index (χ4v) is 4.21. The second-order valence-electron chi connectivity index (χ2n) is 7.07. The van der Waals surface area contributed by atoms with E-state index in [1.165, 1.54) is 12.1 Å². The number of aliphatic hydroxyl groups excluding tert-OH is 1. The maximum atomic E-state index is 13.8. The molecule has 4 rings (SSSR count). The van der Waals surface area contributed by atoms with Gasteiger partial charge in [-0.05, 0) is 79.6 Å². The number of hydrogen-bond donors (Lipinski definition) is 2. The van der Waals surface area contributed by atoms with E-state index < -0.39 is 6.10 Å². The summed E-state index contributed by atoms with van der Waals surface area (Å²) in [4.78, 5) is 2.06. The number of hydrogen-bond acceptors (Lipinski definition) is 3. The van der Waals surface area contributed by atoms with E-state index in [2.05, 4.69) is 4.90 Å². The molecule has 0 unspecified atom stereocenters. The molecule has 1 aliphatic carbocycles. The molecule has 1 saturated carbocycles. The average Bonchev–Trinajstić information content (AvgIpc) is 2.74. The van der Waals surface area contributed by atoms with Gasteiger partial charge in [0.1, 0.15) is 11.6 Å². The summed E-state index contributed by atoms with van der Waals surface area (Å²) < 4.78 is 27.6. The van der Waals surface area contributed by atoms with Gasteiger partial charge in [-0.15, -0.1) is 0 Å². The molecular weight excluding hydrogens is 322 g/mol. The molecule has 2 aromatic rings. The predicted octanol–water partition coefficient (Wildman–Crippen LogP) is 3.44. The number of halogens is 2. The van der Waals surface area contributed by atoms with Crippen molar-refractivity contribution in [3.05, 3.63) is 59.2 Å². The summed E-state index contributed by atoms with van der Waals surface area (Å²) >= 11 is 0. The quantitative estimate of drug-likeness (QED) is 0.833. The first-order valence-electron chi connectivity index (χ1n) is 8.84. The Morgan fingerprint density at radius 2 is 1.48 bits per heavy atom. The van der Waals surface area contributed by atoms with E-state index in [-0.39, 0.29) is 23.7 Å². The normalized spacial score (nSPS) is 25.9. The minimum absolute atomic E-state index is 0.199. The molecule has 1 fully saturated rings. The van der Waals surface area contributed by atoms with Gasteiger partial charge in [0.15, 0.2) is 0 Å². The molecule has 0 aromatic heterocycles. The van der Waals surface area contributed by atoms with E-state index in [9.17, 15) is 13.9 Å². The Labute approximate surface area is 146 Å². The van der Waals surface area contributed by atoms with Gasteiger partial charge in [0, 0.05) is 17.4 Å². The third-order valence-electron chi connectivity index (χ3n) is 5.47. The molecule has 0 radical (unpaired) electrons. The van der Waals surface area contributed by atoms with Crippen molar-refractivity contribution in [1.29, 1.82) is 0 Å². The lowest BCUT2D eigenvalue weighted by molar-refractivity contribution is 0.0878. The molecule has 0 saturated heterocycles. The first-order valence-corrected chi connectivity index (χ1v) is 8.84. The van der Waals surface area contributed by atoms with Crippen molar-refractivity contribution < 1.29 is 13.9 Å². The lowest BCUT2D eigenvalue weighted by Crippen LogP contribution is -2.53. The maximum absolute atomic E-state index is 13.8. The maximum Gasteiger partial charge on any atom is 0.123 e. The van der Waals surface area contributed by atoms with Crippen molar-refractivity contribution in [2.24, 2.45) is 5.73 Å². The minimum atomic E-state index is -0.678. The van der Waals surface area contributed by atoms with Crippen LogP contribution in [-0.4, -0.2) is 23.3 Å². The van der Waals surface area contributed by atoms with Crippen LogP contribution in [0.1, 0.15) is 30.4 Å². The van der Waals surface area contributed by atoms with Gasteiger partial charge >= 0.3 is 0 Å². The van der Waals surface area contributed by atoms with E-state index in [4.69, 9.17) is 5.73 Å². The lowest BCUT2D eigenvalue weighted by atomic mass is 9.86. The van der Waals surface area contributed by atoms with Gasteiger partial charge in [-0.1, -0.05) is 0 Å². The Balaban J connectivity index is 1.88.